The van der Waals surface area contributed by atoms with Crippen molar-refractivity contribution in [3.63, 3.8) is 0 Å². The van der Waals surface area contributed by atoms with Gasteiger partial charge in [0.2, 0.25) is 0 Å². The van der Waals surface area contributed by atoms with E-state index in [4.69, 9.17) is 5.11 Å². The monoisotopic (exact) mass is 225 g/mol. The van der Waals surface area contributed by atoms with Crippen LogP contribution in [0.1, 0.15) is 28.9 Å². The molecule has 1 aromatic heterocycles. The molecule has 6 heteroatoms. The molecule has 0 aliphatic heterocycles. The Kier molecular flexibility index (Phi) is 4.04. The molecule has 0 spiro atoms. The van der Waals surface area contributed by atoms with Crippen LogP contribution in [-0.4, -0.2) is 33.3 Å². The number of aromatic nitrogens is 2. The summed E-state index contributed by atoms with van der Waals surface area (Å²) in [6, 6.07) is 0. The van der Waals surface area contributed by atoms with Crippen molar-refractivity contribution >= 4 is 11.9 Å². The van der Waals surface area contributed by atoms with Crippen LogP contribution in [0.25, 0.3) is 0 Å². The third kappa shape index (κ3) is 3.38. The zero-order valence-electron chi connectivity index (χ0n) is 9.36. The Morgan fingerprint density at radius 1 is 1.56 bits per heavy atom. The maximum absolute atomic E-state index is 11.6. The zero-order chi connectivity index (χ0) is 12.1. The van der Waals surface area contributed by atoms with Crippen molar-refractivity contribution in [3.05, 3.63) is 17.5 Å². The molecular formula is C10H15N3O3. The lowest BCUT2D eigenvalue weighted by molar-refractivity contribution is -0.137. The van der Waals surface area contributed by atoms with Gasteiger partial charge in [0.1, 0.15) is 0 Å². The van der Waals surface area contributed by atoms with Crippen LogP contribution in [0.5, 0.6) is 0 Å². The van der Waals surface area contributed by atoms with E-state index in [9.17, 15) is 9.59 Å². The zero-order valence-corrected chi connectivity index (χ0v) is 9.36. The smallest absolute Gasteiger partial charge is 0.303 e. The summed E-state index contributed by atoms with van der Waals surface area (Å²) < 4.78 is 1.57. The van der Waals surface area contributed by atoms with Gasteiger partial charge in [-0.2, -0.15) is 5.10 Å². The number of amides is 1. The van der Waals surface area contributed by atoms with E-state index >= 15 is 0 Å². The number of nitrogens with zero attached hydrogens (tertiary/aromatic N) is 2. The highest BCUT2D eigenvalue weighted by Crippen LogP contribution is 2.03. The van der Waals surface area contributed by atoms with E-state index in [-0.39, 0.29) is 12.3 Å². The summed E-state index contributed by atoms with van der Waals surface area (Å²) in [4.78, 5) is 21.9. The van der Waals surface area contributed by atoms with Crippen LogP contribution in [0, 0.1) is 6.92 Å². The molecule has 0 radical (unpaired) electrons. The molecule has 1 rings (SSSR count). The average Bonchev–Trinajstić information content (AvgIpc) is 2.52. The van der Waals surface area contributed by atoms with Crippen molar-refractivity contribution in [3.8, 4) is 0 Å². The van der Waals surface area contributed by atoms with Crippen LogP contribution in [-0.2, 0) is 11.8 Å². The van der Waals surface area contributed by atoms with Gasteiger partial charge in [-0.3, -0.25) is 14.3 Å². The molecule has 0 aromatic carbocycles. The van der Waals surface area contributed by atoms with Crippen molar-refractivity contribution in [2.45, 2.75) is 19.8 Å². The number of aliphatic carboxylic acids is 1. The first-order valence-corrected chi connectivity index (χ1v) is 5.01. The Bertz CT molecular complexity index is 398. The van der Waals surface area contributed by atoms with Crippen LogP contribution < -0.4 is 5.32 Å². The molecule has 1 amide bonds. The maximum Gasteiger partial charge on any atom is 0.303 e. The molecule has 2 N–H and O–H groups in total. The van der Waals surface area contributed by atoms with Gasteiger partial charge in [-0.25, -0.2) is 0 Å². The second-order valence-electron chi connectivity index (χ2n) is 3.56. The van der Waals surface area contributed by atoms with Crippen molar-refractivity contribution in [1.82, 2.24) is 15.1 Å². The Hall–Kier alpha value is -1.85. The van der Waals surface area contributed by atoms with Crippen LogP contribution >= 0.6 is 0 Å². The topological polar surface area (TPSA) is 84.2 Å². The maximum atomic E-state index is 11.6. The molecule has 1 heterocycles. The molecule has 0 aliphatic carbocycles. The van der Waals surface area contributed by atoms with Crippen LogP contribution in [0.15, 0.2) is 6.20 Å². The summed E-state index contributed by atoms with van der Waals surface area (Å²) in [7, 11) is 1.74. The fraction of sp³-hybridized carbons (Fsp3) is 0.500. The van der Waals surface area contributed by atoms with E-state index in [1.807, 2.05) is 0 Å². The number of hydrogen-bond donors (Lipinski definition) is 2. The largest absolute Gasteiger partial charge is 0.481 e. The van der Waals surface area contributed by atoms with Crippen molar-refractivity contribution in [1.29, 1.82) is 0 Å². The van der Waals surface area contributed by atoms with E-state index in [1.165, 1.54) is 0 Å². The lowest BCUT2D eigenvalue weighted by atomic mass is 10.2. The fourth-order valence-corrected chi connectivity index (χ4v) is 1.36. The van der Waals surface area contributed by atoms with E-state index in [0.29, 0.717) is 24.2 Å². The first kappa shape index (κ1) is 12.2. The summed E-state index contributed by atoms with van der Waals surface area (Å²) in [5.41, 5.74) is 1.19. The van der Waals surface area contributed by atoms with Crippen molar-refractivity contribution in [2.75, 3.05) is 6.54 Å². The minimum absolute atomic E-state index is 0.0618. The molecule has 0 bridgehead atoms. The summed E-state index contributed by atoms with van der Waals surface area (Å²) in [6.45, 7) is 2.12. The standard InChI is InChI=1S/C10H15N3O3/c1-7-8(6-13(2)12-7)10(16)11-5-3-4-9(14)15/h6H,3-5H2,1-2H3,(H,11,16)(H,14,15). The van der Waals surface area contributed by atoms with Gasteiger partial charge in [-0.1, -0.05) is 0 Å². The molecule has 0 unspecified atom stereocenters. The van der Waals surface area contributed by atoms with Gasteiger partial charge in [0.25, 0.3) is 5.91 Å². The Morgan fingerprint density at radius 3 is 2.75 bits per heavy atom. The van der Waals surface area contributed by atoms with Gasteiger partial charge in [0.05, 0.1) is 11.3 Å². The predicted molar refractivity (Wildman–Crippen MR) is 57.1 cm³/mol. The number of aryl methyl sites for hydroxylation is 2. The molecule has 0 saturated heterocycles. The van der Waals surface area contributed by atoms with E-state index < -0.39 is 5.97 Å². The highest BCUT2D eigenvalue weighted by Gasteiger charge is 2.11. The second kappa shape index (κ2) is 5.29. The second-order valence-corrected chi connectivity index (χ2v) is 3.56. The molecule has 1 aromatic rings. The predicted octanol–water partition coefficient (Wildman–Crippen LogP) is 0.323. The summed E-state index contributed by atoms with van der Waals surface area (Å²) >= 11 is 0. The summed E-state index contributed by atoms with van der Waals surface area (Å²) in [5.74, 6) is -1.07. The Labute approximate surface area is 93.3 Å². The minimum atomic E-state index is -0.855. The first-order valence-electron chi connectivity index (χ1n) is 5.01. The number of carbonyl (C=O) groups is 2. The summed E-state index contributed by atoms with van der Waals surface area (Å²) in [6.07, 6.45) is 2.13. The van der Waals surface area contributed by atoms with Gasteiger partial charge < -0.3 is 10.4 Å². The fourth-order valence-electron chi connectivity index (χ4n) is 1.36. The lowest BCUT2D eigenvalue weighted by Gasteiger charge is -2.02. The number of nitrogens with one attached hydrogen (secondary N) is 1. The molecular weight excluding hydrogens is 210 g/mol. The normalized spacial score (nSPS) is 10.1. The van der Waals surface area contributed by atoms with E-state index in [2.05, 4.69) is 10.4 Å². The molecule has 0 aliphatic rings. The summed E-state index contributed by atoms with van der Waals surface area (Å²) in [5, 5.41) is 15.1. The number of hydrogen-bond acceptors (Lipinski definition) is 3. The average molecular weight is 225 g/mol. The lowest BCUT2D eigenvalue weighted by Crippen LogP contribution is -2.25. The van der Waals surface area contributed by atoms with Crippen molar-refractivity contribution in [2.24, 2.45) is 7.05 Å². The van der Waals surface area contributed by atoms with E-state index in [1.54, 1.807) is 24.9 Å². The van der Waals surface area contributed by atoms with Gasteiger partial charge in [0.15, 0.2) is 0 Å². The number of carboxylic acid groups (broad SMARTS) is 1. The quantitative estimate of drug-likeness (QED) is 0.707. The molecule has 0 atom stereocenters. The highest BCUT2D eigenvalue weighted by atomic mass is 16.4. The third-order valence-electron chi connectivity index (χ3n) is 2.11. The number of rotatable bonds is 5. The van der Waals surface area contributed by atoms with Gasteiger partial charge in [0, 0.05) is 26.2 Å². The van der Waals surface area contributed by atoms with Gasteiger partial charge in [-0.15, -0.1) is 0 Å². The molecule has 88 valence electrons. The SMILES string of the molecule is Cc1nn(C)cc1C(=O)NCCCC(=O)O. The van der Waals surface area contributed by atoms with E-state index in [0.717, 1.165) is 0 Å². The van der Waals surface area contributed by atoms with Crippen LogP contribution in [0.4, 0.5) is 0 Å². The van der Waals surface area contributed by atoms with Crippen molar-refractivity contribution < 1.29 is 14.7 Å². The molecule has 16 heavy (non-hydrogen) atoms. The Morgan fingerprint density at radius 2 is 2.25 bits per heavy atom. The molecule has 0 fully saturated rings. The Balaban J connectivity index is 2.41. The van der Waals surface area contributed by atoms with Gasteiger partial charge in [-0.05, 0) is 13.3 Å². The highest BCUT2D eigenvalue weighted by molar-refractivity contribution is 5.94. The molecule has 6 nitrogen and oxygen atoms in total. The first-order chi connectivity index (χ1) is 7.50. The van der Waals surface area contributed by atoms with Gasteiger partial charge >= 0.3 is 5.97 Å². The third-order valence-corrected chi connectivity index (χ3v) is 2.11. The number of carbonyl (C=O) groups excluding carboxylic acids is 1. The van der Waals surface area contributed by atoms with Crippen LogP contribution in [0.3, 0.4) is 0 Å². The van der Waals surface area contributed by atoms with Crippen LogP contribution in [0.2, 0.25) is 0 Å². The number of carboxylic acids is 1. The molecule has 0 saturated carbocycles. The minimum Gasteiger partial charge on any atom is -0.481 e.